The van der Waals surface area contributed by atoms with Gasteiger partial charge >= 0.3 is 0 Å². The number of hydrogen-bond acceptors (Lipinski definition) is 6. The van der Waals surface area contributed by atoms with E-state index in [9.17, 15) is 0 Å². The number of ether oxygens (including phenoxy) is 3. The first kappa shape index (κ1) is 25.3. The number of guanidine groups is 1. The number of likely N-dealkylation sites (tertiary alicyclic amines) is 1. The van der Waals surface area contributed by atoms with Gasteiger partial charge in [-0.15, -0.1) is 24.0 Å². The molecule has 2 aromatic rings. The van der Waals surface area contributed by atoms with Crippen LogP contribution in [0.1, 0.15) is 25.1 Å². The molecule has 2 heterocycles. The average molecular weight is 544 g/mol. The first-order valence-corrected chi connectivity index (χ1v) is 10.3. The first-order valence-electron chi connectivity index (χ1n) is 10.3. The van der Waals surface area contributed by atoms with Crippen LogP contribution < -0.4 is 10.1 Å². The number of aromatic nitrogens is 3. The fraction of sp³-hybridized carbons (Fsp3) is 0.571. The minimum Gasteiger partial charge on any atom is -0.497 e. The molecule has 0 atom stereocenters. The zero-order chi connectivity index (χ0) is 21.2. The summed E-state index contributed by atoms with van der Waals surface area (Å²) in [6, 6.07) is 7.69. The predicted molar refractivity (Wildman–Crippen MR) is 131 cm³/mol. The molecule has 0 unspecified atom stereocenters. The molecule has 1 aromatic heterocycles. The van der Waals surface area contributed by atoms with Gasteiger partial charge in [-0.25, -0.2) is 4.98 Å². The third-order valence-electron chi connectivity index (χ3n) is 5.09. The number of methoxy groups -OCH3 is 2. The lowest BCUT2D eigenvalue weighted by atomic mass is 10.1. The van der Waals surface area contributed by atoms with Crippen LogP contribution in [0, 0.1) is 0 Å². The van der Waals surface area contributed by atoms with Crippen LogP contribution in [0.4, 0.5) is 0 Å². The van der Waals surface area contributed by atoms with Gasteiger partial charge in [-0.2, -0.15) is 5.10 Å². The Morgan fingerprint density at radius 3 is 2.58 bits per heavy atom. The quantitative estimate of drug-likeness (QED) is 0.217. The highest BCUT2D eigenvalue weighted by Crippen LogP contribution is 2.19. The van der Waals surface area contributed by atoms with Crippen LogP contribution in [0.25, 0.3) is 11.4 Å². The molecule has 172 valence electrons. The number of piperidine rings is 1. The van der Waals surface area contributed by atoms with E-state index in [0.717, 1.165) is 68.7 Å². The Labute approximate surface area is 201 Å². The van der Waals surface area contributed by atoms with Crippen molar-refractivity contribution in [2.45, 2.75) is 31.9 Å². The second kappa shape index (κ2) is 13.5. The maximum atomic E-state index is 5.94. The SMILES string of the molecule is CN=C(NCc1nc(-c2ccc(OC)cc2)n[nH]1)N1CCC(OCCCOC)CC1.I. The molecule has 9 nitrogen and oxygen atoms in total. The topological polar surface area (TPSA) is 96.9 Å². The molecule has 1 aromatic carbocycles. The van der Waals surface area contributed by atoms with Crippen LogP contribution in [0.2, 0.25) is 0 Å². The molecule has 1 aliphatic heterocycles. The van der Waals surface area contributed by atoms with Crippen molar-refractivity contribution in [3.63, 3.8) is 0 Å². The molecule has 1 saturated heterocycles. The summed E-state index contributed by atoms with van der Waals surface area (Å²) in [5, 5.41) is 10.7. The van der Waals surface area contributed by atoms with E-state index in [1.54, 1.807) is 21.3 Å². The Morgan fingerprint density at radius 2 is 1.94 bits per heavy atom. The van der Waals surface area contributed by atoms with E-state index in [-0.39, 0.29) is 24.0 Å². The van der Waals surface area contributed by atoms with Crippen molar-refractivity contribution < 1.29 is 14.2 Å². The summed E-state index contributed by atoms with van der Waals surface area (Å²) < 4.78 is 16.2. The Bertz CT molecular complexity index is 791. The van der Waals surface area contributed by atoms with Crippen molar-refractivity contribution in [1.82, 2.24) is 25.4 Å². The van der Waals surface area contributed by atoms with Gasteiger partial charge in [-0.05, 0) is 43.5 Å². The number of aromatic amines is 1. The molecule has 0 amide bonds. The van der Waals surface area contributed by atoms with E-state index in [0.29, 0.717) is 18.5 Å². The van der Waals surface area contributed by atoms with Gasteiger partial charge in [0.05, 0.1) is 19.8 Å². The van der Waals surface area contributed by atoms with E-state index in [1.807, 2.05) is 24.3 Å². The zero-order valence-corrected chi connectivity index (χ0v) is 20.8. The van der Waals surface area contributed by atoms with E-state index < -0.39 is 0 Å². The maximum absolute atomic E-state index is 5.94. The molecule has 1 aliphatic rings. The number of rotatable bonds is 9. The summed E-state index contributed by atoms with van der Waals surface area (Å²) in [5.74, 6) is 3.11. The Hall–Kier alpha value is -1.92. The minimum atomic E-state index is 0. The standard InChI is InChI=1S/C21H32N6O3.HI/c1-22-21(27-11-9-18(10-12-27)30-14-4-13-28-2)23-15-19-24-20(26-25-19)16-5-7-17(29-3)8-6-16;/h5-8,18H,4,9-15H2,1-3H3,(H,22,23)(H,24,25,26);1H. The second-order valence-corrected chi connectivity index (χ2v) is 7.14. The molecule has 2 N–H and O–H groups in total. The number of benzene rings is 1. The summed E-state index contributed by atoms with van der Waals surface area (Å²) in [6.07, 6.45) is 3.25. The molecular formula is C21H33IN6O3. The van der Waals surface area contributed by atoms with Gasteiger partial charge in [-0.3, -0.25) is 10.1 Å². The van der Waals surface area contributed by atoms with E-state index in [4.69, 9.17) is 14.2 Å². The lowest BCUT2D eigenvalue weighted by Gasteiger charge is -2.34. The number of nitrogens with one attached hydrogen (secondary N) is 2. The van der Waals surface area contributed by atoms with Crippen molar-refractivity contribution in [1.29, 1.82) is 0 Å². The predicted octanol–water partition coefficient (Wildman–Crippen LogP) is 2.69. The number of hydrogen-bond donors (Lipinski definition) is 2. The number of nitrogens with zero attached hydrogens (tertiary/aromatic N) is 4. The maximum Gasteiger partial charge on any atom is 0.194 e. The molecule has 0 aliphatic carbocycles. The van der Waals surface area contributed by atoms with E-state index in [1.165, 1.54) is 0 Å². The zero-order valence-electron chi connectivity index (χ0n) is 18.5. The second-order valence-electron chi connectivity index (χ2n) is 7.14. The molecule has 3 rings (SSSR count). The molecular weight excluding hydrogens is 511 g/mol. The Balaban J connectivity index is 0.00000341. The number of aliphatic imine (C=N–C) groups is 1. The fourth-order valence-electron chi connectivity index (χ4n) is 3.43. The molecule has 0 bridgehead atoms. The lowest BCUT2D eigenvalue weighted by Crippen LogP contribution is -2.46. The van der Waals surface area contributed by atoms with Gasteiger partial charge in [0.1, 0.15) is 11.6 Å². The molecule has 0 saturated carbocycles. The number of halogens is 1. The molecule has 10 heteroatoms. The van der Waals surface area contributed by atoms with Crippen molar-refractivity contribution in [2.75, 3.05) is 47.6 Å². The third-order valence-corrected chi connectivity index (χ3v) is 5.09. The van der Waals surface area contributed by atoms with Crippen LogP contribution in [-0.4, -0.2) is 79.7 Å². The van der Waals surface area contributed by atoms with E-state index in [2.05, 4.69) is 30.4 Å². The van der Waals surface area contributed by atoms with Crippen molar-refractivity contribution in [3.05, 3.63) is 30.1 Å². The minimum absolute atomic E-state index is 0. The van der Waals surface area contributed by atoms with Gasteiger partial charge < -0.3 is 24.4 Å². The Morgan fingerprint density at radius 1 is 1.19 bits per heavy atom. The summed E-state index contributed by atoms with van der Waals surface area (Å²) in [4.78, 5) is 11.3. The lowest BCUT2D eigenvalue weighted by molar-refractivity contribution is 0.00989. The van der Waals surface area contributed by atoms with Crippen LogP contribution in [-0.2, 0) is 16.0 Å². The van der Waals surface area contributed by atoms with Crippen LogP contribution >= 0.6 is 24.0 Å². The highest BCUT2D eigenvalue weighted by molar-refractivity contribution is 14.0. The summed E-state index contributed by atoms with van der Waals surface area (Å²) >= 11 is 0. The van der Waals surface area contributed by atoms with Gasteiger partial charge in [0, 0.05) is 46.0 Å². The third kappa shape index (κ3) is 7.62. The van der Waals surface area contributed by atoms with Crippen molar-refractivity contribution in [3.8, 4) is 17.1 Å². The van der Waals surface area contributed by atoms with Gasteiger partial charge in [0.25, 0.3) is 0 Å². The fourth-order valence-corrected chi connectivity index (χ4v) is 3.43. The molecule has 0 radical (unpaired) electrons. The summed E-state index contributed by atoms with van der Waals surface area (Å²) in [7, 11) is 5.17. The van der Waals surface area contributed by atoms with Gasteiger partial charge in [0.2, 0.25) is 0 Å². The highest BCUT2D eigenvalue weighted by atomic mass is 127. The first-order chi connectivity index (χ1) is 14.7. The van der Waals surface area contributed by atoms with Crippen LogP contribution in [0.5, 0.6) is 5.75 Å². The smallest absolute Gasteiger partial charge is 0.194 e. The largest absolute Gasteiger partial charge is 0.497 e. The monoisotopic (exact) mass is 544 g/mol. The van der Waals surface area contributed by atoms with Crippen molar-refractivity contribution >= 4 is 29.9 Å². The molecule has 1 fully saturated rings. The summed E-state index contributed by atoms with van der Waals surface area (Å²) in [6.45, 7) is 3.87. The van der Waals surface area contributed by atoms with E-state index >= 15 is 0 Å². The van der Waals surface area contributed by atoms with Crippen LogP contribution in [0.3, 0.4) is 0 Å². The van der Waals surface area contributed by atoms with Crippen molar-refractivity contribution in [2.24, 2.45) is 4.99 Å². The van der Waals surface area contributed by atoms with Crippen LogP contribution in [0.15, 0.2) is 29.3 Å². The normalized spacial score (nSPS) is 14.9. The average Bonchev–Trinajstić information content (AvgIpc) is 3.27. The van der Waals surface area contributed by atoms with Gasteiger partial charge in [0.15, 0.2) is 11.8 Å². The highest BCUT2D eigenvalue weighted by Gasteiger charge is 2.22. The molecule has 31 heavy (non-hydrogen) atoms. The molecule has 0 spiro atoms. The van der Waals surface area contributed by atoms with Gasteiger partial charge in [-0.1, -0.05) is 0 Å². The summed E-state index contributed by atoms with van der Waals surface area (Å²) in [5.41, 5.74) is 0.940. The number of H-pyrrole nitrogens is 1. The Kier molecular flexibility index (Phi) is 11.0.